The Morgan fingerprint density at radius 3 is 2.38 bits per heavy atom. The summed E-state index contributed by atoms with van der Waals surface area (Å²) in [7, 11) is -4.32. The van der Waals surface area contributed by atoms with Crippen molar-refractivity contribution in [2.75, 3.05) is 0 Å². The summed E-state index contributed by atoms with van der Waals surface area (Å²) in [6.07, 6.45) is 8.61. The normalized spacial score (nSPS) is 13.1. The lowest BCUT2D eigenvalue weighted by Gasteiger charge is -2.18. The number of rotatable bonds is 13. The first-order valence-corrected chi connectivity index (χ1v) is 12.5. The number of aryl methyl sites for hydroxylation is 1. The van der Waals surface area contributed by atoms with Crippen LogP contribution in [0.2, 0.25) is 0 Å². The van der Waals surface area contributed by atoms with Gasteiger partial charge in [-0.25, -0.2) is 8.42 Å². The lowest BCUT2D eigenvalue weighted by atomic mass is 10.00. The quantitative estimate of drug-likeness (QED) is 0.244. The van der Waals surface area contributed by atoms with Crippen LogP contribution in [0.3, 0.4) is 0 Å². The van der Waals surface area contributed by atoms with Crippen molar-refractivity contribution in [3.8, 4) is 11.5 Å². The molecule has 0 saturated heterocycles. The number of hydrogen-bond donors (Lipinski definition) is 4. The van der Waals surface area contributed by atoms with Crippen LogP contribution in [0.25, 0.3) is 0 Å². The number of hydrogen-bond acceptors (Lipinski definition) is 5. The molecule has 32 heavy (non-hydrogen) atoms. The van der Waals surface area contributed by atoms with Gasteiger partial charge in [-0.3, -0.25) is 4.79 Å². The number of carboxylic acids is 1. The van der Waals surface area contributed by atoms with Crippen molar-refractivity contribution >= 4 is 16.0 Å². The van der Waals surface area contributed by atoms with Crippen LogP contribution in [0.1, 0.15) is 77.8 Å². The fourth-order valence-electron chi connectivity index (χ4n) is 3.29. The van der Waals surface area contributed by atoms with Crippen LogP contribution in [-0.2, 0) is 27.7 Å². The van der Waals surface area contributed by atoms with Crippen LogP contribution in [0, 0.1) is 0 Å². The number of carboxylic acid groups (broad SMARTS) is 1. The molecule has 0 bridgehead atoms. The second-order valence-corrected chi connectivity index (χ2v) is 10.1. The fraction of sp³-hybridized carbons (Fsp3) is 0.542. The molecule has 4 N–H and O–H groups in total. The summed E-state index contributed by atoms with van der Waals surface area (Å²) in [5, 5.41) is 30.5. The second-order valence-electron chi connectivity index (χ2n) is 8.42. The van der Waals surface area contributed by atoms with E-state index in [0.29, 0.717) is 12.8 Å². The van der Waals surface area contributed by atoms with Crippen molar-refractivity contribution < 1.29 is 28.5 Å². The highest BCUT2D eigenvalue weighted by Crippen LogP contribution is 2.38. The highest BCUT2D eigenvalue weighted by Gasteiger charge is 2.29. The van der Waals surface area contributed by atoms with Crippen molar-refractivity contribution in [1.82, 2.24) is 4.72 Å². The van der Waals surface area contributed by atoms with Crippen molar-refractivity contribution in [1.29, 1.82) is 0 Å². The Hall–Kier alpha value is -2.32. The number of aromatic hydroxyl groups is 2. The van der Waals surface area contributed by atoms with Crippen LogP contribution in [-0.4, -0.2) is 35.7 Å². The Morgan fingerprint density at radius 1 is 1.16 bits per heavy atom. The van der Waals surface area contributed by atoms with Gasteiger partial charge < -0.3 is 15.3 Å². The maximum absolute atomic E-state index is 13.0. The number of unbranched alkanes of at least 4 members (excludes halogenated alkanes) is 2. The predicted molar refractivity (Wildman–Crippen MR) is 127 cm³/mol. The third-order valence-corrected chi connectivity index (χ3v) is 6.84. The number of nitrogens with one attached hydrogen (secondary N) is 1. The zero-order valence-electron chi connectivity index (χ0n) is 19.7. The van der Waals surface area contributed by atoms with E-state index in [1.165, 1.54) is 18.6 Å². The zero-order chi connectivity index (χ0) is 24.5. The van der Waals surface area contributed by atoms with Gasteiger partial charge in [0.1, 0.15) is 22.4 Å². The lowest BCUT2D eigenvalue weighted by Crippen LogP contribution is -2.38. The van der Waals surface area contributed by atoms with Crippen molar-refractivity contribution in [3.05, 3.63) is 40.5 Å². The topological polar surface area (TPSA) is 124 Å². The van der Waals surface area contributed by atoms with Crippen LogP contribution in [0.5, 0.6) is 11.5 Å². The van der Waals surface area contributed by atoms with Crippen molar-refractivity contribution in [2.45, 2.75) is 90.5 Å². The first-order chi connectivity index (χ1) is 14.9. The summed E-state index contributed by atoms with van der Waals surface area (Å²) in [6, 6.07) is 0.00853. The molecule has 7 nitrogen and oxygen atoms in total. The minimum absolute atomic E-state index is 0.106. The molecule has 0 spiro atoms. The highest BCUT2D eigenvalue weighted by molar-refractivity contribution is 7.89. The number of carbonyl (C=O) groups is 1. The Morgan fingerprint density at radius 2 is 1.81 bits per heavy atom. The van der Waals surface area contributed by atoms with E-state index in [0.717, 1.165) is 31.3 Å². The Labute approximate surface area is 191 Å². The Balaban J connectivity index is 3.38. The number of aliphatic carboxylic acids is 1. The number of phenolic OH excluding ortho intramolecular Hbond substituents is 2. The minimum atomic E-state index is -4.32. The SMILES string of the molecule is CCCCCc1cc(O)c(CC=C(C)CCC=C(C)C)c(O)c1S(=O)(=O)N[C@@H](C)C(=O)O. The van der Waals surface area contributed by atoms with Gasteiger partial charge in [0.25, 0.3) is 0 Å². The molecule has 180 valence electrons. The molecule has 8 heteroatoms. The molecule has 0 unspecified atom stereocenters. The van der Waals surface area contributed by atoms with Crippen LogP contribution < -0.4 is 4.72 Å². The van der Waals surface area contributed by atoms with Crippen molar-refractivity contribution in [2.24, 2.45) is 0 Å². The molecule has 1 atom stereocenters. The third-order valence-electron chi connectivity index (χ3n) is 5.18. The van der Waals surface area contributed by atoms with E-state index in [1.54, 1.807) is 0 Å². The molecule has 0 fully saturated rings. The number of sulfonamides is 1. The molecule has 1 aromatic carbocycles. The van der Waals surface area contributed by atoms with Gasteiger partial charge in [-0.15, -0.1) is 0 Å². The highest BCUT2D eigenvalue weighted by atomic mass is 32.2. The molecular weight excluding hydrogens is 430 g/mol. The van der Waals surface area contributed by atoms with Gasteiger partial charge in [-0.05, 0) is 71.4 Å². The summed E-state index contributed by atoms with van der Waals surface area (Å²) in [4.78, 5) is 10.8. The van der Waals surface area contributed by atoms with Gasteiger partial charge in [0, 0.05) is 5.56 Å². The molecule has 0 aliphatic rings. The maximum atomic E-state index is 13.0. The number of allylic oxidation sites excluding steroid dienone is 4. The predicted octanol–water partition coefficient (Wildman–Crippen LogP) is 4.82. The Kier molecular flexibility index (Phi) is 11.0. The smallest absolute Gasteiger partial charge is 0.321 e. The second kappa shape index (κ2) is 12.6. The van der Waals surface area contributed by atoms with Crippen LogP contribution in [0.4, 0.5) is 0 Å². The molecule has 0 amide bonds. The molecule has 0 saturated carbocycles. The average Bonchev–Trinajstić information content (AvgIpc) is 2.66. The molecule has 0 radical (unpaired) electrons. The van der Waals surface area contributed by atoms with Gasteiger partial charge in [-0.1, -0.05) is 43.1 Å². The van der Waals surface area contributed by atoms with Gasteiger partial charge in [0.2, 0.25) is 10.0 Å². The van der Waals surface area contributed by atoms with Gasteiger partial charge >= 0.3 is 5.97 Å². The van der Waals surface area contributed by atoms with E-state index in [4.69, 9.17) is 5.11 Å². The van der Waals surface area contributed by atoms with E-state index in [1.807, 2.05) is 33.8 Å². The summed E-state index contributed by atoms with van der Waals surface area (Å²) in [6.45, 7) is 9.22. The summed E-state index contributed by atoms with van der Waals surface area (Å²) in [5.74, 6) is -2.03. The molecule has 1 rings (SSSR count). The van der Waals surface area contributed by atoms with Crippen molar-refractivity contribution in [3.63, 3.8) is 0 Å². The molecular formula is C24H37NO6S. The molecule has 0 aliphatic carbocycles. The minimum Gasteiger partial charge on any atom is -0.508 e. The average molecular weight is 468 g/mol. The maximum Gasteiger partial charge on any atom is 0.321 e. The fourth-order valence-corrected chi connectivity index (χ4v) is 4.86. The summed E-state index contributed by atoms with van der Waals surface area (Å²) < 4.78 is 28.1. The van der Waals surface area contributed by atoms with Gasteiger partial charge in [0.15, 0.2) is 0 Å². The van der Waals surface area contributed by atoms with Crippen LogP contribution >= 0.6 is 0 Å². The Bertz CT molecular complexity index is 959. The van der Waals surface area contributed by atoms with E-state index in [2.05, 4.69) is 10.8 Å². The monoisotopic (exact) mass is 467 g/mol. The largest absolute Gasteiger partial charge is 0.508 e. The van der Waals surface area contributed by atoms with Crippen LogP contribution in [0.15, 0.2) is 34.3 Å². The number of benzene rings is 1. The summed E-state index contributed by atoms with van der Waals surface area (Å²) in [5.41, 5.74) is 2.65. The molecule has 0 aromatic heterocycles. The standard InChI is InChI=1S/C24H37NO6S/c1-6-7-8-12-19-15-21(26)20(14-13-17(4)11-9-10-16(2)3)22(27)23(19)32(30,31)25-18(5)24(28)29/h10,13,15,18,25-27H,6-9,11-12,14H2,1-5H3,(H,28,29)/t18-/m0/s1. The molecule has 0 aliphatic heterocycles. The molecule has 1 aromatic rings. The van der Waals surface area contributed by atoms with E-state index in [9.17, 15) is 23.4 Å². The van der Waals surface area contributed by atoms with E-state index < -0.39 is 27.8 Å². The lowest BCUT2D eigenvalue weighted by molar-refractivity contribution is -0.138. The first-order valence-electron chi connectivity index (χ1n) is 11.0. The first kappa shape index (κ1) is 27.7. The zero-order valence-corrected chi connectivity index (χ0v) is 20.6. The van der Waals surface area contributed by atoms with Gasteiger partial charge in [-0.2, -0.15) is 4.72 Å². The third kappa shape index (κ3) is 8.31. The van der Waals surface area contributed by atoms with E-state index in [-0.39, 0.29) is 28.2 Å². The summed E-state index contributed by atoms with van der Waals surface area (Å²) >= 11 is 0. The number of phenols is 2. The van der Waals surface area contributed by atoms with E-state index >= 15 is 0 Å². The molecule has 0 heterocycles. The van der Waals surface area contributed by atoms with Gasteiger partial charge in [0.05, 0.1) is 0 Å².